The van der Waals surface area contributed by atoms with Gasteiger partial charge in [0.15, 0.2) is 0 Å². The van der Waals surface area contributed by atoms with Gasteiger partial charge in [-0.1, -0.05) is 15.9 Å². The van der Waals surface area contributed by atoms with Crippen molar-refractivity contribution in [3.8, 4) is 0 Å². The van der Waals surface area contributed by atoms with E-state index in [4.69, 9.17) is 0 Å². The number of hydrogen-bond donors (Lipinski definition) is 0. The lowest BCUT2D eigenvalue weighted by Crippen LogP contribution is -2.28. The summed E-state index contributed by atoms with van der Waals surface area (Å²) in [6, 6.07) is 7.13. The Morgan fingerprint density at radius 1 is 1.40 bits per heavy atom. The van der Waals surface area contributed by atoms with Crippen molar-refractivity contribution in [2.24, 2.45) is 0 Å². The van der Waals surface area contributed by atoms with Crippen molar-refractivity contribution in [2.75, 3.05) is 13.1 Å². The molecule has 2 nitrogen and oxygen atoms in total. The first-order valence-corrected chi connectivity index (χ1v) is 5.65. The first-order valence-electron chi connectivity index (χ1n) is 4.86. The van der Waals surface area contributed by atoms with Gasteiger partial charge in [0.1, 0.15) is 6.17 Å². The van der Waals surface area contributed by atoms with Crippen LogP contribution >= 0.6 is 15.9 Å². The predicted molar refractivity (Wildman–Crippen MR) is 59.6 cm³/mol. The van der Waals surface area contributed by atoms with Crippen molar-refractivity contribution < 1.29 is 9.18 Å². The zero-order valence-electron chi connectivity index (χ0n) is 8.12. The minimum absolute atomic E-state index is 0.0809. The summed E-state index contributed by atoms with van der Waals surface area (Å²) < 4.78 is 13.8. The Morgan fingerprint density at radius 3 is 2.60 bits per heavy atom. The van der Waals surface area contributed by atoms with E-state index < -0.39 is 6.17 Å². The average molecular weight is 272 g/mol. The number of benzene rings is 1. The lowest BCUT2D eigenvalue weighted by Gasteiger charge is -2.14. The highest BCUT2D eigenvalue weighted by molar-refractivity contribution is 9.10. The van der Waals surface area contributed by atoms with E-state index in [1.807, 2.05) is 12.1 Å². The predicted octanol–water partition coefficient (Wildman–Crippen LogP) is 2.63. The molecule has 0 saturated carbocycles. The maximum atomic E-state index is 12.9. The van der Waals surface area contributed by atoms with Crippen LogP contribution in [0.5, 0.6) is 0 Å². The molecule has 2 rings (SSSR count). The van der Waals surface area contributed by atoms with Crippen molar-refractivity contribution >= 4 is 21.8 Å². The Morgan fingerprint density at radius 2 is 2.07 bits per heavy atom. The Labute approximate surface area is 96.2 Å². The fourth-order valence-corrected chi connectivity index (χ4v) is 1.94. The summed E-state index contributed by atoms with van der Waals surface area (Å²) in [5.41, 5.74) is 0.618. The lowest BCUT2D eigenvalue weighted by molar-refractivity contribution is 0.0783. The molecule has 0 aromatic heterocycles. The molecule has 1 amide bonds. The maximum Gasteiger partial charge on any atom is 0.253 e. The van der Waals surface area contributed by atoms with E-state index in [2.05, 4.69) is 15.9 Å². The van der Waals surface area contributed by atoms with Crippen molar-refractivity contribution in [2.45, 2.75) is 12.6 Å². The maximum absolute atomic E-state index is 12.9. The van der Waals surface area contributed by atoms with E-state index >= 15 is 0 Å². The zero-order valence-corrected chi connectivity index (χ0v) is 9.71. The largest absolute Gasteiger partial charge is 0.336 e. The topological polar surface area (TPSA) is 20.3 Å². The number of rotatable bonds is 1. The molecular formula is C11H11BrFNO. The summed E-state index contributed by atoms with van der Waals surface area (Å²) in [6.07, 6.45) is -0.396. The van der Waals surface area contributed by atoms with E-state index in [-0.39, 0.29) is 12.5 Å². The molecule has 0 bridgehead atoms. The summed E-state index contributed by atoms with van der Waals surface area (Å²) in [5.74, 6) is -0.0809. The molecule has 1 saturated heterocycles. The van der Waals surface area contributed by atoms with Gasteiger partial charge in [-0.25, -0.2) is 4.39 Å². The standard InChI is InChI=1S/C11H11BrFNO/c12-9-3-1-8(2-4-9)11(15)14-6-5-10(13)7-14/h1-4,10H,5-7H2. The van der Waals surface area contributed by atoms with Gasteiger partial charge in [-0.2, -0.15) is 0 Å². The highest BCUT2D eigenvalue weighted by atomic mass is 79.9. The van der Waals surface area contributed by atoms with Crippen molar-refractivity contribution in [3.05, 3.63) is 34.3 Å². The van der Waals surface area contributed by atoms with Gasteiger partial charge in [0.2, 0.25) is 0 Å². The minimum atomic E-state index is -0.857. The Balaban J connectivity index is 2.11. The molecule has 0 N–H and O–H groups in total. The van der Waals surface area contributed by atoms with Crippen LogP contribution < -0.4 is 0 Å². The minimum Gasteiger partial charge on any atom is -0.336 e. The van der Waals surface area contributed by atoms with Gasteiger partial charge in [0.05, 0.1) is 6.54 Å². The second-order valence-corrected chi connectivity index (χ2v) is 4.56. The van der Waals surface area contributed by atoms with Crippen molar-refractivity contribution in [3.63, 3.8) is 0 Å². The van der Waals surface area contributed by atoms with Crippen LogP contribution in [0.3, 0.4) is 0 Å². The molecule has 1 fully saturated rings. The molecule has 1 aliphatic rings. The molecule has 1 aromatic rings. The Bertz CT molecular complexity index is 365. The number of hydrogen-bond acceptors (Lipinski definition) is 1. The molecule has 1 atom stereocenters. The zero-order chi connectivity index (χ0) is 10.8. The normalized spacial score (nSPS) is 20.7. The van der Waals surface area contributed by atoms with Crippen LogP contribution in [0, 0.1) is 0 Å². The van der Waals surface area contributed by atoms with Crippen LogP contribution in [0.25, 0.3) is 0 Å². The number of alkyl halides is 1. The van der Waals surface area contributed by atoms with Crippen LogP contribution in [0.1, 0.15) is 16.8 Å². The molecular weight excluding hydrogens is 261 g/mol. The number of halogens is 2. The number of carbonyl (C=O) groups excluding carboxylic acids is 1. The van der Waals surface area contributed by atoms with Gasteiger partial charge >= 0.3 is 0 Å². The van der Waals surface area contributed by atoms with E-state index in [1.54, 1.807) is 17.0 Å². The third-order valence-electron chi connectivity index (χ3n) is 2.51. The fraction of sp³-hybridized carbons (Fsp3) is 0.364. The molecule has 1 unspecified atom stereocenters. The number of likely N-dealkylation sites (tertiary alicyclic amines) is 1. The van der Waals surface area contributed by atoms with E-state index in [9.17, 15) is 9.18 Å². The average Bonchev–Trinajstić information content (AvgIpc) is 2.65. The lowest BCUT2D eigenvalue weighted by atomic mass is 10.2. The molecule has 1 heterocycles. The van der Waals surface area contributed by atoms with E-state index in [0.717, 1.165) is 4.47 Å². The summed E-state index contributed by atoms with van der Waals surface area (Å²) in [7, 11) is 0. The van der Waals surface area contributed by atoms with Gasteiger partial charge < -0.3 is 4.90 Å². The van der Waals surface area contributed by atoms with Gasteiger partial charge in [-0.05, 0) is 30.7 Å². The first-order chi connectivity index (χ1) is 7.16. The van der Waals surface area contributed by atoms with Crippen LogP contribution in [0.4, 0.5) is 4.39 Å². The summed E-state index contributed by atoms with van der Waals surface area (Å²) in [5, 5.41) is 0. The number of nitrogens with zero attached hydrogens (tertiary/aromatic N) is 1. The molecule has 0 radical (unpaired) electrons. The highest BCUT2D eigenvalue weighted by Crippen LogP contribution is 2.17. The second kappa shape index (κ2) is 4.31. The smallest absolute Gasteiger partial charge is 0.253 e. The third-order valence-corrected chi connectivity index (χ3v) is 3.04. The highest BCUT2D eigenvalue weighted by Gasteiger charge is 2.26. The summed E-state index contributed by atoms with van der Waals surface area (Å²) >= 11 is 3.30. The molecule has 1 aromatic carbocycles. The van der Waals surface area contributed by atoms with Crippen molar-refractivity contribution in [1.29, 1.82) is 0 Å². The van der Waals surface area contributed by atoms with Gasteiger partial charge in [0.25, 0.3) is 5.91 Å². The Hall–Kier alpha value is -0.900. The third kappa shape index (κ3) is 2.37. The molecule has 15 heavy (non-hydrogen) atoms. The quantitative estimate of drug-likeness (QED) is 0.769. The van der Waals surface area contributed by atoms with Crippen LogP contribution in [-0.4, -0.2) is 30.1 Å². The fourth-order valence-electron chi connectivity index (χ4n) is 1.68. The first kappa shape index (κ1) is 10.6. The second-order valence-electron chi connectivity index (χ2n) is 3.64. The monoisotopic (exact) mass is 271 g/mol. The molecule has 80 valence electrons. The Kier molecular flexibility index (Phi) is 3.05. The van der Waals surface area contributed by atoms with E-state index in [0.29, 0.717) is 18.5 Å². The number of amides is 1. The van der Waals surface area contributed by atoms with E-state index in [1.165, 1.54) is 0 Å². The van der Waals surface area contributed by atoms with Crippen LogP contribution in [0.2, 0.25) is 0 Å². The summed E-state index contributed by atoms with van der Waals surface area (Å²) in [4.78, 5) is 13.4. The summed E-state index contributed by atoms with van der Waals surface area (Å²) in [6.45, 7) is 0.755. The molecule has 0 spiro atoms. The van der Waals surface area contributed by atoms with Crippen molar-refractivity contribution in [1.82, 2.24) is 4.90 Å². The van der Waals surface area contributed by atoms with Crippen LogP contribution in [0.15, 0.2) is 28.7 Å². The molecule has 4 heteroatoms. The SMILES string of the molecule is O=C(c1ccc(Br)cc1)N1CCC(F)C1. The number of carbonyl (C=O) groups is 1. The molecule has 1 aliphatic heterocycles. The van der Waals surface area contributed by atoms with Gasteiger partial charge in [0, 0.05) is 16.6 Å². The molecule has 0 aliphatic carbocycles. The van der Waals surface area contributed by atoms with Gasteiger partial charge in [-0.3, -0.25) is 4.79 Å². The van der Waals surface area contributed by atoms with Crippen LogP contribution in [-0.2, 0) is 0 Å². The van der Waals surface area contributed by atoms with Gasteiger partial charge in [-0.15, -0.1) is 0 Å².